The van der Waals surface area contributed by atoms with E-state index >= 15 is 0 Å². The van der Waals surface area contributed by atoms with Crippen molar-refractivity contribution >= 4 is 27.3 Å². The summed E-state index contributed by atoms with van der Waals surface area (Å²) in [5.41, 5.74) is 1.35. The Hall–Kier alpha value is -2.54. The van der Waals surface area contributed by atoms with Crippen LogP contribution in [0.1, 0.15) is 10.4 Å². The fraction of sp³-hybridized carbons (Fsp3) is 0.133. The summed E-state index contributed by atoms with van der Waals surface area (Å²) in [7, 11) is -1.81. The number of hydrogen-bond acceptors (Lipinski definition) is 4. The van der Waals surface area contributed by atoms with Crippen LogP contribution in [0.15, 0.2) is 48.5 Å². The van der Waals surface area contributed by atoms with E-state index in [2.05, 4.69) is 10.0 Å². The van der Waals surface area contributed by atoms with Gasteiger partial charge in [-0.3, -0.25) is 9.52 Å². The van der Waals surface area contributed by atoms with E-state index in [4.69, 9.17) is 4.74 Å². The smallest absolute Gasteiger partial charge is 0.255 e. The highest BCUT2D eigenvalue weighted by Crippen LogP contribution is 2.18. The Morgan fingerprint density at radius 1 is 1.05 bits per heavy atom. The fourth-order valence-electron chi connectivity index (χ4n) is 1.82. The number of hydrogen-bond donors (Lipinski definition) is 2. The Balaban J connectivity index is 2.12. The van der Waals surface area contributed by atoms with Crippen molar-refractivity contribution in [1.82, 2.24) is 0 Å². The minimum atomic E-state index is -3.36. The molecule has 0 aliphatic carbocycles. The molecule has 0 bridgehead atoms. The topological polar surface area (TPSA) is 84.5 Å². The zero-order valence-corrected chi connectivity index (χ0v) is 13.0. The molecule has 2 aromatic rings. The monoisotopic (exact) mass is 320 g/mol. The standard InChI is InChI=1S/C15H16N2O4S/c1-21-14-8-6-11(7-9-14)15(18)16-12-4-3-5-13(10-12)17-22(2,19)20/h3-10,17H,1-2H3,(H,16,18). The second-order valence-corrected chi connectivity index (χ2v) is 6.39. The van der Waals surface area contributed by atoms with Crippen molar-refractivity contribution in [3.63, 3.8) is 0 Å². The largest absolute Gasteiger partial charge is 0.497 e. The van der Waals surface area contributed by atoms with Crippen molar-refractivity contribution < 1.29 is 17.9 Å². The van der Waals surface area contributed by atoms with Crippen molar-refractivity contribution in [1.29, 1.82) is 0 Å². The zero-order chi connectivity index (χ0) is 16.2. The van der Waals surface area contributed by atoms with Crippen molar-refractivity contribution in [2.45, 2.75) is 0 Å². The average Bonchev–Trinajstić information content (AvgIpc) is 2.46. The summed E-state index contributed by atoms with van der Waals surface area (Å²) in [5, 5.41) is 2.71. The molecule has 7 heteroatoms. The van der Waals surface area contributed by atoms with Gasteiger partial charge in [0.2, 0.25) is 10.0 Å². The SMILES string of the molecule is COc1ccc(C(=O)Nc2cccc(NS(C)(=O)=O)c2)cc1. The zero-order valence-electron chi connectivity index (χ0n) is 12.2. The third kappa shape index (κ3) is 4.49. The third-order valence-electron chi connectivity index (χ3n) is 2.78. The molecule has 0 radical (unpaired) electrons. The Labute approximate surface area is 129 Å². The maximum absolute atomic E-state index is 12.1. The van der Waals surface area contributed by atoms with Gasteiger partial charge in [-0.2, -0.15) is 0 Å². The van der Waals surface area contributed by atoms with Crippen molar-refractivity contribution in [2.24, 2.45) is 0 Å². The van der Waals surface area contributed by atoms with E-state index in [-0.39, 0.29) is 5.91 Å². The first kappa shape index (κ1) is 15.8. The third-order valence-corrected chi connectivity index (χ3v) is 3.38. The molecule has 0 heterocycles. The van der Waals surface area contributed by atoms with Crippen LogP contribution in [0.5, 0.6) is 5.75 Å². The molecule has 0 atom stereocenters. The van der Waals surface area contributed by atoms with Crippen LogP contribution in [-0.4, -0.2) is 27.7 Å². The predicted octanol–water partition coefficient (Wildman–Crippen LogP) is 2.32. The lowest BCUT2D eigenvalue weighted by molar-refractivity contribution is 0.102. The normalized spacial score (nSPS) is 10.8. The van der Waals surface area contributed by atoms with Crippen LogP contribution in [0.2, 0.25) is 0 Å². The second kappa shape index (κ2) is 6.48. The molecule has 0 aliphatic rings. The summed E-state index contributed by atoms with van der Waals surface area (Å²) in [6.45, 7) is 0. The van der Waals surface area contributed by atoms with E-state index in [1.807, 2.05) is 0 Å². The van der Waals surface area contributed by atoms with Crippen LogP contribution >= 0.6 is 0 Å². The molecule has 0 saturated heterocycles. The lowest BCUT2D eigenvalue weighted by Gasteiger charge is -2.09. The number of carbonyl (C=O) groups is 1. The Bertz CT molecular complexity index is 770. The number of sulfonamides is 1. The van der Waals surface area contributed by atoms with Gasteiger partial charge >= 0.3 is 0 Å². The van der Waals surface area contributed by atoms with E-state index in [9.17, 15) is 13.2 Å². The molecule has 0 aliphatic heterocycles. The molecule has 1 amide bonds. The number of nitrogens with one attached hydrogen (secondary N) is 2. The first-order valence-electron chi connectivity index (χ1n) is 6.40. The first-order chi connectivity index (χ1) is 10.4. The maximum Gasteiger partial charge on any atom is 0.255 e. The van der Waals surface area contributed by atoms with Crippen LogP contribution in [0.4, 0.5) is 11.4 Å². The Morgan fingerprint density at radius 2 is 1.68 bits per heavy atom. The number of ether oxygens (including phenoxy) is 1. The van der Waals surface area contributed by atoms with E-state index in [1.165, 1.54) is 0 Å². The van der Waals surface area contributed by atoms with Gasteiger partial charge in [0.15, 0.2) is 0 Å². The number of anilines is 2. The number of amides is 1. The summed E-state index contributed by atoms with van der Waals surface area (Å²) in [6, 6.07) is 13.1. The summed E-state index contributed by atoms with van der Waals surface area (Å²) in [5.74, 6) is 0.370. The predicted molar refractivity (Wildman–Crippen MR) is 85.9 cm³/mol. The number of methoxy groups -OCH3 is 1. The van der Waals surface area contributed by atoms with Crippen LogP contribution in [0, 0.1) is 0 Å². The summed E-state index contributed by atoms with van der Waals surface area (Å²) < 4.78 is 29.8. The molecule has 116 valence electrons. The number of carbonyl (C=O) groups excluding carboxylic acids is 1. The van der Waals surface area contributed by atoms with Crippen LogP contribution < -0.4 is 14.8 Å². The van der Waals surface area contributed by atoms with Crippen molar-refractivity contribution in [3.05, 3.63) is 54.1 Å². The van der Waals surface area contributed by atoms with E-state index in [0.29, 0.717) is 22.7 Å². The molecule has 0 fully saturated rings. The highest BCUT2D eigenvalue weighted by Gasteiger charge is 2.08. The lowest BCUT2D eigenvalue weighted by atomic mass is 10.2. The molecule has 2 aromatic carbocycles. The average molecular weight is 320 g/mol. The summed E-state index contributed by atoms with van der Waals surface area (Å²) in [4.78, 5) is 12.1. The van der Waals surface area contributed by atoms with E-state index in [1.54, 1.807) is 55.6 Å². The van der Waals surface area contributed by atoms with Gasteiger partial charge in [0.05, 0.1) is 19.1 Å². The molecule has 0 spiro atoms. The molecule has 2 N–H and O–H groups in total. The molecule has 2 rings (SSSR count). The molecular weight excluding hydrogens is 304 g/mol. The summed E-state index contributed by atoms with van der Waals surface area (Å²) in [6.07, 6.45) is 1.07. The molecule has 0 aromatic heterocycles. The highest BCUT2D eigenvalue weighted by atomic mass is 32.2. The molecule has 0 unspecified atom stereocenters. The minimum absolute atomic E-state index is 0.292. The molecule has 0 saturated carbocycles. The van der Waals surface area contributed by atoms with Gasteiger partial charge in [0, 0.05) is 11.3 Å². The van der Waals surface area contributed by atoms with E-state index in [0.717, 1.165) is 6.26 Å². The highest BCUT2D eigenvalue weighted by molar-refractivity contribution is 7.92. The van der Waals surface area contributed by atoms with Gasteiger partial charge in [0.1, 0.15) is 5.75 Å². The molecular formula is C15H16N2O4S. The van der Waals surface area contributed by atoms with Gasteiger partial charge in [-0.15, -0.1) is 0 Å². The molecule has 22 heavy (non-hydrogen) atoms. The Kier molecular flexibility index (Phi) is 4.67. The Morgan fingerprint density at radius 3 is 2.27 bits per heavy atom. The number of rotatable bonds is 5. The lowest BCUT2D eigenvalue weighted by Crippen LogP contribution is -2.13. The van der Waals surface area contributed by atoms with Gasteiger partial charge in [-0.1, -0.05) is 6.07 Å². The second-order valence-electron chi connectivity index (χ2n) is 4.64. The minimum Gasteiger partial charge on any atom is -0.497 e. The van der Waals surface area contributed by atoms with Gasteiger partial charge in [0.25, 0.3) is 5.91 Å². The van der Waals surface area contributed by atoms with Gasteiger partial charge in [-0.25, -0.2) is 8.42 Å². The quantitative estimate of drug-likeness (QED) is 0.885. The number of benzene rings is 2. The molecule has 6 nitrogen and oxygen atoms in total. The van der Waals surface area contributed by atoms with Crippen LogP contribution in [0.3, 0.4) is 0 Å². The van der Waals surface area contributed by atoms with E-state index < -0.39 is 10.0 Å². The first-order valence-corrected chi connectivity index (χ1v) is 8.30. The van der Waals surface area contributed by atoms with Gasteiger partial charge in [-0.05, 0) is 42.5 Å². The van der Waals surface area contributed by atoms with Crippen LogP contribution in [0.25, 0.3) is 0 Å². The summed E-state index contributed by atoms with van der Waals surface area (Å²) >= 11 is 0. The fourth-order valence-corrected chi connectivity index (χ4v) is 2.38. The van der Waals surface area contributed by atoms with Crippen LogP contribution in [-0.2, 0) is 10.0 Å². The van der Waals surface area contributed by atoms with Gasteiger partial charge < -0.3 is 10.1 Å². The van der Waals surface area contributed by atoms with Crippen molar-refractivity contribution in [2.75, 3.05) is 23.4 Å². The maximum atomic E-state index is 12.1. The van der Waals surface area contributed by atoms with Crippen molar-refractivity contribution in [3.8, 4) is 5.75 Å².